The first-order valence-corrected chi connectivity index (χ1v) is 11.2. The molecular formula is C24H33NO2S. The molecule has 3 nitrogen and oxygen atoms in total. The summed E-state index contributed by atoms with van der Waals surface area (Å²) in [5.74, 6) is 0.177. The minimum atomic E-state index is -0.155. The molecule has 0 spiro atoms. The monoisotopic (exact) mass is 399 g/mol. The molecular weight excluding hydrogens is 366 g/mol. The van der Waals surface area contributed by atoms with Crippen LogP contribution in [0.3, 0.4) is 0 Å². The van der Waals surface area contributed by atoms with Gasteiger partial charge in [0.25, 0.3) is 0 Å². The highest BCUT2D eigenvalue weighted by atomic mass is 32.1. The molecule has 1 aliphatic heterocycles. The molecule has 1 saturated heterocycles. The zero-order valence-electron chi connectivity index (χ0n) is 17.6. The number of benzene rings is 1. The van der Waals surface area contributed by atoms with Gasteiger partial charge < -0.3 is 9.64 Å². The minimum Gasteiger partial charge on any atom is -0.375 e. The topological polar surface area (TPSA) is 29.5 Å². The number of rotatable bonds is 7. The summed E-state index contributed by atoms with van der Waals surface area (Å²) in [6, 6.07) is 15.3. The lowest BCUT2D eigenvalue weighted by Crippen LogP contribution is -2.49. The third-order valence-electron chi connectivity index (χ3n) is 5.97. The van der Waals surface area contributed by atoms with Crippen molar-refractivity contribution in [3.05, 3.63) is 58.3 Å². The van der Waals surface area contributed by atoms with Crippen LogP contribution in [0.25, 0.3) is 0 Å². The molecule has 2 heterocycles. The van der Waals surface area contributed by atoms with Gasteiger partial charge in [-0.25, -0.2) is 0 Å². The third kappa shape index (κ3) is 5.24. The fourth-order valence-corrected chi connectivity index (χ4v) is 5.32. The van der Waals surface area contributed by atoms with Gasteiger partial charge in [0.05, 0.1) is 5.60 Å². The van der Waals surface area contributed by atoms with Crippen LogP contribution in [0.5, 0.6) is 0 Å². The van der Waals surface area contributed by atoms with Crippen molar-refractivity contribution >= 4 is 17.2 Å². The van der Waals surface area contributed by atoms with E-state index in [1.54, 1.807) is 6.92 Å². The van der Waals surface area contributed by atoms with Gasteiger partial charge in [0.15, 0.2) is 0 Å². The van der Waals surface area contributed by atoms with Gasteiger partial charge in [-0.15, -0.1) is 11.3 Å². The summed E-state index contributed by atoms with van der Waals surface area (Å²) in [4.78, 5) is 16.0. The Morgan fingerprint density at radius 1 is 1.25 bits per heavy atom. The fraction of sp³-hybridized carbons (Fsp3) is 0.542. The van der Waals surface area contributed by atoms with E-state index in [0.29, 0.717) is 0 Å². The van der Waals surface area contributed by atoms with E-state index in [0.717, 1.165) is 38.8 Å². The highest BCUT2D eigenvalue weighted by molar-refractivity contribution is 7.10. The van der Waals surface area contributed by atoms with E-state index in [4.69, 9.17) is 4.74 Å². The van der Waals surface area contributed by atoms with Crippen LogP contribution in [0, 0.1) is 0 Å². The number of carbonyl (C=O) groups excluding carboxylic acids is 1. The summed E-state index contributed by atoms with van der Waals surface area (Å²) < 4.78 is 5.87. The maximum absolute atomic E-state index is 12.5. The van der Waals surface area contributed by atoms with Crippen molar-refractivity contribution in [1.82, 2.24) is 4.90 Å². The molecule has 1 aromatic carbocycles. The summed E-state index contributed by atoms with van der Waals surface area (Å²) in [6.45, 7) is 9.83. The molecule has 2 atom stereocenters. The lowest BCUT2D eigenvalue weighted by Gasteiger charge is -2.42. The van der Waals surface area contributed by atoms with Crippen molar-refractivity contribution in [2.24, 2.45) is 0 Å². The molecule has 2 unspecified atom stereocenters. The maximum Gasteiger partial charge on any atom is 0.219 e. The van der Waals surface area contributed by atoms with Crippen molar-refractivity contribution in [3.8, 4) is 0 Å². The predicted octanol–water partition coefficient (Wildman–Crippen LogP) is 5.44. The van der Waals surface area contributed by atoms with Crippen molar-refractivity contribution in [1.29, 1.82) is 0 Å². The lowest BCUT2D eigenvalue weighted by atomic mass is 9.78. The van der Waals surface area contributed by atoms with Gasteiger partial charge in [-0.2, -0.15) is 0 Å². The standard InChI is InChI=1S/C24H33NO2S/c1-19(26)25(21-12-15-27-23(2,3)18-21)14-13-24(4,22-11-8-16-28-22)17-20-9-6-5-7-10-20/h5-11,16,21H,12-15,17-18H2,1-4H3. The first kappa shape index (κ1) is 21.1. The molecule has 0 N–H and O–H groups in total. The van der Waals surface area contributed by atoms with E-state index < -0.39 is 0 Å². The van der Waals surface area contributed by atoms with Crippen molar-refractivity contribution < 1.29 is 9.53 Å². The van der Waals surface area contributed by atoms with E-state index in [1.165, 1.54) is 10.4 Å². The highest BCUT2D eigenvalue weighted by Gasteiger charge is 2.35. The van der Waals surface area contributed by atoms with Gasteiger partial charge in [0.2, 0.25) is 5.91 Å². The molecule has 1 aromatic heterocycles. The van der Waals surface area contributed by atoms with Crippen LogP contribution in [0.4, 0.5) is 0 Å². The second-order valence-electron chi connectivity index (χ2n) is 8.92. The fourth-order valence-electron chi connectivity index (χ4n) is 4.40. The molecule has 2 aromatic rings. The number of hydrogen-bond donors (Lipinski definition) is 0. The van der Waals surface area contributed by atoms with Gasteiger partial charge in [0, 0.05) is 36.4 Å². The summed E-state index contributed by atoms with van der Waals surface area (Å²) >= 11 is 1.82. The van der Waals surface area contributed by atoms with Gasteiger partial charge in [-0.05, 0) is 56.5 Å². The van der Waals surface area contributed by atoms with Crippen LogP contribution in [0.15, 0.2) is 47.8 Å². The number of ether oxygens (including phenoxy) is 1. The zero-order chi connectivity index (χ0) is 20.2. The van der Waals surface area contributed by atoms with Crippen LogP contribution in [0.2, 0.25) is 0 Å². The number of thiophene rings is 1. The summed E-state index contributed by atoms with van der Waals surface area (Å²) in [7, 11) is 0. The Morgan fingerprint density at radius 2 is 2.00 bits per heavy atom. The molecule has 28 heavy (non-hydrogen) atoms. The number of carbonyl (C=O) groups is 1. The number of nitrogens with zero attached hydrogens (tertiary/aromatic N) is 1. The van der Waals surface area contributed by atoms with Crippen LogP contribution in [-0.2, 0) is 21.4 Å². The van der Waals surface area contributed by atoms with E-state index in [9.17, 15) is 4.79 Å². The minimum absolute atomic E-state index is 0.0178. The largest absolute Gasteiger partial charge is 0.375 e. The summed E-state index contributed by atoms with van der Waals surface area (Å²) in [5.41, 5.74) is 1.21. The smallest absolute Gasteiger partial charge is 0.219 e. The van der Waals surface area contributed by atoms with E-state index in [2.05, 4.69) is 73.5 Å². The van der Waals surface area contributed by atoms with Crippen molar-refractivity contribution in [3.63, 3.8) is 0 Å². The summed E-state index contributed by atoms with van der Waals surface area (Å²) in [5, 5.41) is 2.16. The quantitative estimate of drug-likeness (QED) is 0.620. The van der Waals surface area contributed by atoms with Crippen LogP contribution < -0.4 is 0 Å². The average Bonchev–Trinajstić information content (AvgIpc) is 3.17. The molecule has 4 heteroatoms. The van der Waals surface area contributed by atoms with E-state index in [-0.39, 0.29) is 23.0 Å². The first-order valence-electron chi connectivity index (χ1n) is 10.3. The van der Waals surface area contributed by atoms with Gasteiger partial charge in [-0.3, -0.25) is 4.79 Å². The van der Waals surface area contributed by atoms with Gasteiger partial charge in [-0.1, -0.05) is 43.3 Å². The molecule has 0 bridgehead atoms. The number of amides is 1. The van der Waals surface area contributed by atoms with Gasteiger partial charge in [0.1, 0.15) is 0 Å². The molecule has 0 saturated carbocycles. The van der Waals surface area contributed by atoms with E-state index in [1.807, 2.05) is 11.3 Å². The molecule has 3 rings (SSSR count). The third-order valence-corrected chi connectivity index (χ3v) is 7.15. The SMILES string of the molecule is CC(=O)N(CCC(C)(Cc1ccccc1)c1cccs1)C1CCOC(C)(C)C1. The van der Waals surface area contributed by atoms with Gasteiger partial charge >= 0.3 is 0 Å². The molecule has 0 radical (unpaired) electrons. The Hall–Kier alpha value is -1.65. The summed E-state index contributed by atoms with van der Waals surface area (Å²) in [6.07, 6.45) is 3.78. The van der Waals surface area contributed by atoms with Crippen molar-refractivity contribution in [2.75, 3.05) is 13.2 Å². The molecule has 1 aliphatic rings. The Kier molecular flexibility index (Phi) is 6.61. The molecule has 1 amide bonds. The van der Waals surface area contributed by atoms with E-state index >= 15 is 0 Å². The Bertz CT molecular complexity index is 756. The normalized spacial score (nSPS) is 21.1. The predicted molar refractivity (Wildman–Crippen MR) is 117 cm³/mol. The molecule has 1 fully saturated rings. The van der Waals surface area contributed by atoms with Crippen molar-refractivity contribution in [2.45, 2.75) is 70.4 Å². The van der Waals surface area contributed by atoms with Crippen LogP contribution >= 0.6 is 11.3 Å². The maximum atomic E-state index is 12.5. The second kappa shape index (κ2) is 8.79. The molecule has 0 aliphatic carbocycles. The van der Waals surface area contributed by atoms with Crippen LogP contribution in [0.1, 0.15) is 57.4 Å². The molecule has 152 valence electrons. The first-order chi connectivity index (χ1) is 13.3. The Balaban J connectivity index is 1.77. The zero-order valence-corrected chi connectivity index (χ0v) is 18.4. The number of hydrogen-bond acceptors (Lipinski definition) is 3. The Labute approximate surface area is 173 Å². The average molecular weight is 400 g/mol. The van der Waals surface area contributed by atoms with Crippen LogP contribution in [-0.4, -0.2) is 35.6 Å². The highest BCUT2D eigenvalue weighted by Crippen LogP contribution is 2.36. The second-order valence-corrected chi connectivity index (χ2v) is 9.87. The lowest BCUT2D eigenvalue weighted by molar-refractivity contribution is -0.138. The Morgan fingerprint density at radius 3 is 2.61 bits per heavy atom.